The van der Waals surface area contributed by atoms with Crippen molar-refractivity contribution in [2.75, 3.05) is 11.9 Å². The SMILES string of the molecule is CCOc1n[nH]c(NC(=O)c2cc3c(s2)CCCC3)n1. The Hall–Kier alpha value is -1.89. The number of rotatable bonds is 4. The Morgan fingerprint density at radius 2 is 2.35 bits per heavy atom. The molecule has 0 fully saturated rings. The molecule has 0 saturated heterocycles. The first kappa shape index (κ1) is 13.1. The molecular formula is C13H16N4O2S. The molecule has 106 valence electrons. The van der Waals surface area contributed by atoms with Crippen molar-refractivity contribution in [1.29, 1.82) is 0 Å². The molecular weight excluding hydrogens is 276 g/mol. The molecule has 0 spiro atoms. The van der Waals surface area contributed by atoms with Crippen molar-refractivity contribution in [3.63, 3.8) is 0 Å². The monoisotopic (exact) mass is 292 g/mol. The minimum atomic E-state index is -0.149. The first-order valence-corrected chi connectivity index (χ1v) is 7.56. The van der Waals surface area contributed by atoms with E-state index in [-0.39, 0.29) is 11.9 Å². The Morgan fingerprint density at radius 1 is 1.50 bits per heavy atom. The van der Waals surface area contributed by atoms with E-state index in [0.717, 1.165) is 17.7 Å². The lowest BCUT2D eigenvalue weighted by molar-refractivity contribution is 0.102. The molecule has 0 radical (unpaired) electrons. The predicted octanol–water partition coefficient (Wildman–Crippen LogP) is 2.40. The van der Waals surface area contributed by atoms with E-state index in [2.05, 4.69) is 20.5 Å². The van der Waals surface area contributed by atoms with E-state index in [1.807, 2.05) is 13.0 Å². The van der Waals surface area contributed by atoms with Crippen molar-refractivity contribution in [2.24, 2.45) is 0 Å². The number of H-pyrrole nitrogens is 1. The zero-order valence-electron chi connectivity index (χ0n) is 11.2. The Kier molecular flexibility index (Phi) is 3.68. The Bertz CT molecular complexity index is 596. The predicted molar refractivity (Wildman–Crippen MR) is 76.5 cm³/mol. The van der Waals surface area contributed by atoms with Gasteiger partial charge in [-0.25, -0.2) is 5.10 Å². The van der Waals surface area contributed by atoms with E-state index in [9.17, 15) is 4.79 Å². The number of ether oxygens (including phenoxy) is 1. The average molecular weight is 292 g/mol. The van der Waals surface area contributed by atoms with Crippen molar-refractivity contribution in [3.8, 4) is 6.01 Å². The molecule has 0 saturated carbocycles. The maximum atomic E-state index is 12.2. The molecule has 20 heavy (non-hydrogen) atoms. The number of nitrogens with zero attached hydrogens (tertiary/aromatic N) is 2. The molecule has 1 amide bonds. The van der Waals surface area contributed by atoms with Gasteiger partial charge in [-0.3, -0.25) is 10.1 Å². The molecule has 1 aliphatic rings. The van der Waals surface area contributed by atoms with Crippen LogP contribution in [-0.2, 0) is 12.8 Å². The summed E-state index contributed by atoms with van der Waals surface area (Å²) in [6, 6.07) is 2.24. The van der Waals surface area contributed by atoms with Crippen LogP contribution in [0.4, 0.5) is 5.95 Å². The van der Waals surface area contributed by atoms with Crippen LogP contribution in [0.2, 0.25) is 0 Å². The van der Waals surface area contributed by atoms with E-state index in [1.165, 1.54) is 23.3 Å². The van der Waals surface area contributed by atoms with Gasteiger partial charge in [0.25, 0.3) is 5.91 Å². The molecule has 0 atom stereocenters. The molecule has 2 aromatic heterocycles. The van der Waals surface area contributed by atoms with Crippen LogP contribution in [0.25, 0.3) is 0 Å². The number of aryl methyl sites for hydroxylation is 2. The van der Waals surface area contributed by atoms with Gasteiger partial charge in [-0.05, 0) is 44.2 Å². The third-order valence-electron chi connectivity index (χ3n) is 3.19. The van der Waals surface area contributed by atoms with E-state index in [0.29, 0.717) is 12.6 Å². The smallest absolute Gasteiger partial charge is 0.337 e. The van der Waals surface area contributed by atoms with Crippen LogP contribution < -0.4 is 10.1 Å². The lowest BCUT2D eigenvalue weighted by Gasteiger charge is -2.08. The molecule has 6 nitrogen and oxygen atoms in total. The van der Waals surface area contributed by atoms with Crippen molar-refractivity contribution >= 4 is 23.2 Å². The highest BCUT2D eigenvalue weighted by molar-refractivity contribution is 7.14. The molecule has 1 aliphatic carbocycles. The second kappa shape index (κ2) is 5.62. The summed E-state index contributed by atoms with van der Waals surface area (Å²) in [5.74, 6) is 0.161. The third-order valence-corrected chi connectivity index (χ3v) is 4.43. The standard InChI is InChI=1S/C13H16N4O2S/c1-2-19-13-15-12(16-17-13)14-11(18)10-7-8-5-3-4-6-9(8)20-10/h7H,2-6H2,1H3,(H2,14,15,16,17,18). The van der Waals surface area contributed by atoms with Crippen molar-refractivity contribution in [1.82, 2.24) is 15.2 Å². The summed E-state index contributed by atoms with van der Waals surface area (Å²) in [6.45, 7) is 2.34. The topological polar surface area (TPSA) is 79.9 Å². The highest BCUT2D eigenvalue weighted by Gasteiger charge is 2.18. The van der Waals surface area contributed by atoms with Crippen molar-refractivity contribution in [3.05, 3.63) is 21.4 Å². The van der Waals surface area contributed by atoms with Crippen LogP contribution >= 0.6 is 11.3 Å². The quantitative estimate of drug-likeness (QED) is 0.906. The maximum absolute atomic E-state index is 12.2. The Balaban J connectivity index is 1.70. The van der Waals surface area contributed by atoms with Crippen LogP contribution in [0.3, 0.4) is 0 Å². The zero-order valence-corrected chi connectivity index (χ0v) is 12.0. The van der Waals surface area contributed by atoms with Crippen LogP contribution in [0.5, 0.6) is 6.01 Å². The summed E-state index contributed by atoms with van der Waals surface area (Å²) >= 11 is 1.57. The van der Waals surface area contributed by atoms with Gasteiger partial charge in [0.2, 0.25) is 5.95 Å². The minimum Gasteiger partial charge on any atom is -0.463 e. The second-order valence-corrected chi connectivity index (χ2v) is 5.76. The van der Waals surface area contributed by atoms with Gasteiger partial charge in [0.15, 0.2) is 0 Å². The molecule has 0 aliphatic heterocycles. The minimum absolute atomic E-state index is 0.149. The molecule has 7 heteroatoms. The molecule has 3 rings (SSSR count). The van der Waals surface area contributed by atoms with Gasteiger partial charge < -0.3 is 4.74 Å². The number of carbonyl (C=O) groups excluding carboxylic acids is 1. The number of thiophene rings is 1. The van der Waals surface area contributed by atoms with Gasteiger partial charge in [-0.2, -0.15) is 4.98 Å². The largest absolute Gasteiger partial charge is 0.463 e. The summed E-state index contributed by atoms with van der Waals surface area (Å²) in [5, 5.41) is 9.20. The number of hydrogen-bond donors (Lipinski definition) is 2. The zero-order chi connectivity index (χ0) is 13.9. The highest BCUT2D eigenvalue weighted by Crippen LogP contribution is 2.29. The maximum Gasteiger partial charge on any atom is 0.337 e. The van der Waals surface area contributed by atoms with Gasteiger partial charge in [-0.1, -0.05) is 0 Å². The summed E-state index contributed by atoms with van der Waals surface area (Å²) in [6.07, 6.45) is 4.60. The fourth-order valence-electron chi connectivity index (χ4n) is 2.27. The fraction of sp³-hybridized carbons (Fsp3) is 0.462. The number of fused-ring (bicyclic) bond motifs is 1. The number of amides is 1. The van der Waals surface area contributed by atoms with E-state index in [4.69, 9.17) is 4.74 Å². The van der Waals surface area contributed by atoms with Gasteiger partial charge in [0.1, 0.15) is 0 Å². The molecule has 2 N–H and O–H groups in total. The number of anilines is 1. The van der Waals surface area contributed by atoms with Crippen LogP contribution in [0, 0.1) is 0 Å². The lowest BCUT2D eigenvalue weighted by atomic mass is 9.99. The van der Waals surface area contributed by atoms with E-state index < -0.39 is 0 Å². The third kappa shape index (κ3) is 2.67. The van der Waals surface area contributed by atoms with Gasteiger partial charge in [0, 0.05) is 4.88 Å². The first-order chi connectivity index (χ1) is 9.76. The molecule has 2 aromatic rings. The number of nitrogens with one attached hydrogen (secondary N) is 2. The van der Waals surface area contributed by atoms with Crippen molar-refractivity contribution < 1.29 is 9.53 Å². The molecule has 0 aromatic carbocycles. The van der Waals surface area contributed by atoms with Gasteiger partial charge >= 0.3 is 6.01 Å². The second-order valence-electron chi connectivity index (χ2n) is 4.62. The first-order valence-electron chi connectivity index (χ1n) is 6.74. The summed E-state index contributed by atoms with van der Waals surface area (Å²) < 4.78 is 5.14. The molecule has 0 unspecified atom stereocenters. The fourth-order valence-corrected chi connectivity index (χ4v) is 3.42. The summed E-state index contributed by atoms with van der Waals surface area (Å²) in [4.78, 5) is 18.3. The number of aromatic amines is 1. The normalized spacial score (nSPS) is 13.8. The summed E-state index contributed by atoms with van der Waals surface area (Å²) in [5.41, 5.74) is 1.32. The highest BCUT2D eigenvalue weighted by atomic mass is 32.1. The van der Waals surface area contributed by atoms with Crippen LogP contribution in [0.15, 0.2) is 6.07 Å². The van der Waals surface area contributed by atoms with Gasteiger partial charge in [-0.15, -0.1) is 16.4 Å². The summed E-state index contributed by atoms with van der Waals surface area (Å²) in [7, 11) is 0. The van der Waals surface area contributed by atoms with Crippen molar-refractivity contribution in [2.45, 2.75) is 32.6 Å². The number of carbonyl (C=O) groups is 1. The molecule has 0 bridgehead atoms. The Morgan fingerprint density at radius 3 is 3.15 bits per heavy atom. The number of aromatic nitrogens is 3. The average Bonchev–Trinajstić information content (AvgIpc) is 3.05. The lowest BCUT2D eigenvalue weighted by Crippen LogP contribution is -2.11. The number of hydrogen-bond acceptors (Lipinski definition) is 5. The van der Waals surface area contributed by atoms with Gasteiger partial charge in [0.05, 0.1) is 11.5 Å². The van der Waals surface area contributed by atoms with Crippen LogP contribution in [-0.4, -0.2) is 27.7 Å². The van der Waals surface area contributed by atoms with E-state index >= 15 is 0 Å². The molecule has 2 heterocycles. The van der Waals surface area contributed by atoms with E-state index in [1.54, 1.807) is 11.3 Å². The Labute approximate surface area is 120 Å². The van der Waals surface area contributed by atoms with Crippen LogP contribution in [0.1, 0.15) is 39.9 Å².